The van der Waals surface area contributed by atoms with Crippen LogP contribution in [0.3, 0.4) is 0 Å². The minimum Gasteiger partial charge on any atom is -0.373 e. The molecule has 2 aliphatic rings. The van der Waals surface area contributed by atoms with Crippen LogP contribution in [0.2, 0.25) is 0 Å². The molecule has 2 rings (SSSR count). The predicted octanol–water partition coefficient (Wildman–Crippen LogP) is 2.87. The Bertz CT molecular complexity index is 177. The average molecular weight is 211 g/mol. The topological polar surface area (TPSA) is 21.3 Å². The highest BCUT2D eigenvalue weighted by molar-refractivity contribution is 4.81. The van der Waals surface area contributed by atoms with Crippen LogP contribution >= 0.6 is 0 Å². The van der Waals surface area contributed by atoms with Crippen molar-refractivity contribution < 1.29 is 4.74 Å². The van der Waals surface area contributed by atoms with E-state index in [9.17, 15) is 0 Å². The molecular formula is C13H25NO. The van der Waals surface area contributed by atoms with Crippen LogP contribution < -0.4 is 5.32 Å². The molecule has 2 aliphatic carbocycles. The molecule has 0 spiro atoms. The number of hydrogen-bond acceptors (Lipinski definition) is 2. The molecule has 88 valence electrons. The summed E-state index contributed by atoms with van der Waals surface area (Å²) in [6, 6.07) is 0.605. The van der Waals surface area contributed by atoms with Crippen molar-refractivity contribution in [2.75, 3.05) is 7.05 Å². The quantitative estimate of drug-likeness (QED) is 0.725. The van der Waals surface area contributed by atoms with E-state index in [0.717, 1.165) is 0 Å². The fraction of sp³-hybridized carbons (Fsp3) is 1.00. The van der Waals surface area contributed by atoms with Gasteiger partial charge in [-0.3, -0.25) is 0 Å². The number of nitrogens with one attached hydrogen (secondary N) is 1. The van der Waals surface area contributed by atoms with E-state index < -0.39 is 0 Å². The van der Waals surface area contributed by atoms with Crippen molar-refractivity contribution in [3.8, 4) is 0 Å². The average Bonchev–Trinajstić information content (AvgIpc) is 2.64. The summed E-state index contributed by atoms with van der Waals surface area (Å²) < 4.78 is 6.27. The van der Waals surface area contributed by atoms with E-state index in [1.165, 1.54) is 57.8 Å². The number of likely N-dealkylation sites (N-methyl/N-ethyl adjacent to an activating group) is 1. The lowest BCUT2D eigenvalue weighted by Gasteiger charge is -2.28. The van der Waals surface area contributed by atoms with Gasteiger partial charge in [0.25, 0.3) is 0 Å². The van der Waals surface area contributed by atoms with E-state index in [-0.39, 0.29) is 0 Å². The van der Waals surface area contributed by atoms with Gasteiger partial charge >= 0.3 is 0 Å². The molecule has 2 heteroatoms. The first-order valence-corrected chi connectivity index (χ1v) is 6.73. The SMILES string of the molecule is CNC1CCCCCC1OC1CCCC1. The first kappa shape index (κ1) is 11.4. The maximum absolute atomic E-state index is 6.27. The second-order valence-corrected chi connectivity index (χ2v) is 5.11. The van der Waals surface area contributed by atoms with Gasteiger partial charge in [-0.25, -0.2) is 0 Å². The summed E-state index contributed by atoms with van der Waals surface area (Å²) in [5.41, 5.74) is 0. The summed E-state index contributed by atoms with van der Waals surface area (Å²) in [6.07, 6.45) is 13.1. The normalized spacial score (nSPS) is 34.2. The van der Waals surface area contributed by atoms with Gasteiger partial charge in [-0.2, -0.15) is 0 Å². The van der Waals surface area contributed by atoms with Gasteiger partial charge in [0.1, 0.15) is 0 Å². The lowest BCUT2D eigenvalue weighted by molar-refractivity contribution is -0.0295. The summed E-state index contributed by atoms with van der Waals surface area (Å²) >= 11 is 0. The van der Waals surface area contributed by atoms with Crippen molar-refractivity contribution in [2.24, 2.45) is 0 Å². The Morgan fingerprint density at radius 3 is 2.27 bits per heavy atom. The smallest absolute Gasteiger partial charge is 0.0731 e. The molecule has 2 fully saturated rings. The van der Waals surface area contributed by atoms with Crippen LogP contribution in [-0.4, -0.2) is 25.3 Å². The number of rotatable bonds is 3. The van der Waals surface area contributed by atoms with Gasteiger partial charge in [0.15, 0.2) is 0 Å². The summed E-state index contributed by atoms with van der Waals surface area (Å²) in [7, 11) is 2.08. The third-order valence-corrected chi connectivity index (χ3v) is 3.99. The van der Waals surface area contributed by atoms with Crippen molar-refractivity contribution in [3.63, 3.8) is 0 Å². The maximum atomic E-state index is 6.27. The van der Waals surface area contributed by atoms with Gasteiger partial charge in [-0.1, -0.05) is 32.1 Å². The van der Waals surface area contributed by atoms with E-state index in [1.807, 2.05) is 0 Å². The second-order valence-electron chi connectivity index (χ2n) is 5.11. The fourth-order valence-electron chi connectivity index (χ4n) is 3.04. The van der Waals surface area contributed by atoms with Crippen molar-refractivity contribution in [1.82, 2.24) is 5.32 Å². The van der Waals surface area contributed by atoms with Crippen molar-refractivity contribution in [2.45, 2.75) is 76.0 Å². The minimum absolute atomic E-state index is 0.487. The van der Waals surface area contributed by atoms with Gasteiger partial charge in [0.2, 0.25) is 0 Å². The second kappa shape index (κ2) is 5.86. The highest BCUT2D eigenvalue weighted by Gasteiger charge is 2.27. The Morgan fingerprint density at radius 2 is 1.53 bits per heavy atom. The third kappa shape index (κ3) is 3.18. The minimum atomic E-state index is 0.487. The summed E-state index contributed by atoms with van der Waals surface area (Å²) in [4.78, 5) is 0. The van der Waals surface area contributed by atoms with Crippen LogP contribution in [-0.2, 0) is 4.74 Å². The van der Waals surface area contributed by atoms with Gasteiger partial charge < -0.3 is 10.1 Å². The highest BCUT2D eigenvalue weighted by atomic mass is 16.5. The molecule has 15 heavy (non-hydrogen) atoms. The molecule has 2 nitrogen and oxygen atoms in total. The van der Waals surface area contributed by atoms with Crippen LogP contribution in [0.5, 0.6) is 0 Å². The molecule has 0 aromatic rings. The monoisotopic (exact) mass is 211 g/mol. The van der Waals surface area contributed by atoms with Crippen LogP contribution in [0, 0.1) is 0 Å². The van der Waals surface area contributed by atoms with Crippen LogP contribution in [0.4, 0.5) is 0 Å². The molecule has 0 aromatic carbocycles. The van der Waals surface area contributed by atoms with E-state index in [0.29, 0.717) is 18.2 Å². The molecule has 2 saturated carbocycles. The Kier molecular flexibility index (Phi) is 4.45. The van der Waals surface area contributed by atoms with Gasteiger partial charge in [-0.05, 0) is 32.7 Å². The standard InChI is InChI=1S/C13H25NO/c1-14-12-9-3-2-4-10-13(12)15-11-7-5-6-8-11/h11-14H,2-10H2,1H3. The Balaban J connectivity index is 1.85. The molecule has 1 N–H and O–H groups in total. The number of hydrogen-bond donors (Lipinski definition) is 1. The van der Waals surface area contributed by atoms with Gasteiger partial charge in [-0.15, -0.1) is 0 Å². The fourth-order valence-corrected chi connectivity index (χ4v) is 3.04. The molecule has 0 aromatic heterocycles. The van der Waals surface area contributed by atoms with E-state index in [4.69, 9.17) is 4.74 Å². The maximum Gasteiger partial charge on any atom is 0.0731 e. The third-order valence-electron chi connectivity index (χ3n) is 3.99. The molecule has 0 radical (unpaired) electrons. The molecule has 2 atom stereocenters. The Morgan fingerprint density at radius 1 is 0.867 bits per heavy atom. The first-order valence-electron chi connectivity index (χ1n) is 6.73. The van der Waals surface area contributed by atoms with E-state index >= 15 is 0 Å². The Hall–Kier alpha value is -0.0800. The summed E-state index contributed by atoms with van der Waals surface area (Å²) in [6.45, 7) is 0. The summed E-state index contributed by atoms with van der Waals surface area (Å²) in [5.74, 6) is 0. The highest BCUT2D eigenvalue weighted by Crippen LogP contribution is 2.27. The molecule has 0 aliphatic heterocycles. The van der Waals surface area contributed by atoms with E-state index in [1.54, 1.807) is 0 Å². The van der Waals surface area contributed by atoms with Crippen molar-refractivity contribution >= 4 is 0 Å². The van der Waals surface area contributed by atoms with Crippen LogP contribution in [0.25, 0.3) is 0 Å². The first-order chi connectivity index (χ1) is 7.40. The predicted molar refractivity (Wildman–Crippen MR) is 63.1 cm³/mol. The Labute approximate surface area is 93.8 Å². The zero-order chi connectivity index (χ0) is 10.5. The lowest BCUT2D eigenvalue weighted by Crippen LogP contribution is -2.40. The molecule has 0 saturated heterocycles. The van der Waals surface area contributed by atoms with Gasteiger partial charge in [0, 0.05) is 6.04 Å². The molecule has 2 unspecified atom stereocenters. The number of ether oxygens (including phenoxy) is 1. The van der Waals surface area contributed by atoms with E-state index in [2.05, 4.69) is 12.4 Å². The van der Waals surface area contributed by atoms with Crippen LogP contribution in [0.15, 0.2) is 0 Å². The molecule has 0 heterocycles. The molecule has 0 bridgehead atoms. The largest absolute Gasteiger partial charge is 0.373 e. The molecular weight excluding hydrogens is 186 g/mol. The van der Waals surface area contributed by atoms with Crippen LogP contribution in [0.1, 0.15) is 57.8 Å². The zero-order valence-corrected chi connectivity index (χ0v) is 10.0. The zero-order valence-electron chi connectivity index (χ0n) is 10.0. The molecule has 0 amide bonds. The summed E-state index contributed by atoms with van der Waals surface area (Å²) in [5, 5.41) is 3.44. The van der Waals surface area contributed by atoms with Crippen molar-refractivity contribution in [3.05, 3.63) is 0 Å². The van der Waals surface area contributed by atoms with Crippen molar-refractivity contribution in [1.29, 1.82) is 0 Å². The lowest BCUT2D eigenvalue weighted by atomic mass is 10.1. The van der Waals surface area contributed by atoms with Gasteiger partial charge in [0.05, 0.1) is 12.2 Å².